The maximum atomic E-state index is 15.4. The molecule has 0 radical (unpaired) electrons. The van der Waals surface area contributed by atoms with E-state index in [0.29, 0.717) is 88.1 Å². The number of aryl methyl sites for hydroxylation is 1. The predicted octanol–water partition coefficient (Wildman–Crippen LogP) is 1.55. The van der Waals surface area contributed by atoms with E-state index in [1.54, 1.807) is 50.2 Å². The Morgan fingerprint density at radius 2 is 1.47 bits per heavy atom. The van der Waals surface area contributed by atoms with Crippen LogP contribution in [0.15, 0.2) is 47.3 Å². The first-order valence-corrected chi connectivity index (χ1v) is 26.4. The van der Waals surface area contributed by atoms with E-state index in [1.807, 2.05) is 0 Å². The van der Waals surface area contributed by atoms with Crippen molar-refractivity contribution in [2.24, 2.45) is 0 Å². The molecule has 79 heavy (non-hydrogen) atoms. The molecule has 0 spiro atoms. The van der Waals surface area contributed by atoms with Crippen molar-refractivity contribution in [3.05, 3.63) is 97.6 Å². The van der Waals surface area contributed by atoms with E-state index in [2.05, 4.69) is 31.9 Å². The summed E-state index contributed by atoms with van der Waals surface area (Å²) in [4.78, 5) is 149. The molecular weight excluding hydrogens is 1030 g/mol. The van der Waals surface area contributed by atoms with Gasteiger partial charge in [-0.25, -0.2) is 19.0 Å². The van der Waals surface area contributed by atoms with E-state index in [4.69, 9.17) is 14.6 Å². The molecule has 8 amide bonds. The zero-order chi connectivity index (χ0) is 56.5. The van der Waals surface area contributed by atoms with Gasteiger partial charge >= 0.3 is 11.9 Å². The molecule has 3 atom stereocenters. The number of rotatable bonds is 24. The summed E-state index contributed by atoms with van der Waals surface area (Å²) in [6.45, 7) is 1.75. The van der Waals surface area contributed by atoms with Gasteiger partial charge < -0.3 is 51.1 Å². The number of cyclic esters (lactones) is 1. The minimum atomic E-state index is -2.04. The Labute approximate surface area is 452 Å². The standard InChI is InChI=1S/C55H62FN9O14/c1-3-55(77)35-23-40-51-33(28-64(40)53(75)34(35)29-78-54(55)76)50-37(18-17-32-30(2)36(56)24-38(63-51)49(32)50)61-42(67)15-11-21-57-43(68)26-60-52(74)39(22-31-12-7-6-8-13-31)62-45(70)27-59-44(69)25-58-41(66)14-9-4-5-10-16-48(73)79-65-46(71)19-20-47(65)72/h6-8,12-13,23-24,37,39,77H,3-5,9-11,14-22,25-29H2,1-2H3,(H,57,68)(H,58,66)(H,59,69)(H,60,74)(H,61,67)(H,62,70)/t37?,39-,55-/m0/s1. The van der Waals surface area contributed by atoms with Crippen molar-refractivity contribution >= 4 is 70.1 Å². The molecule has 418 valence electrons. The van der Waals surface area contributed by atoms with Gasteiger partial charge in [0, 0.05) is 67.6 Å². The van der Waals surface area contributed by atoms with Gasteiger partial charge in [-0.15, -0.1) is 5.06 Å². The molecular formula is C55H62FN9O14. The highest BCUT2D eigenvalue weighted by Crippen LogP contribution is 2.46. The number of ether oxygens (including phenoxy) is 1. The molecule has 0 saturated carbocycles. The number of hydrogen-bond acceptors (Lipinski definition) is 15. The van der Waals surface area contributed by atoms with Crippen LogP contribution < -0.4 is 37.5 Å². The second-order valence-electron chi connectivity index (χ2n) is 20.0. The monoisotopic (exact) mass is 1090 g/mol. The molecule has 0 bridgehead atoms. The summed E-state index contributed by atoms with van der Waals surface area (Å²) in [7, 11) is 0. The van der Waals surface area contributed by atoms with Crippen LogP contribution in [0.3, 0.4) is 0 Å². The lowest BCUT2D eigenvalue weighted by Crippen LogP contribution is -2.52. The number of carbonyl (C=O) groups is 10. The molecule has 4 aliphatic rings. The highest BCUT2D eigenvalue weighted by molar-refractivity contribution is 6.01. The van der Waals surface area contributed by atoms with Crippen LogP contribution in [0.5, 0.6) is 0 Å². The molecule has 5 heterocycles. The predicted molar refractivity (Wildman–Crippen MR) is 277 cm³/mol. The Balaban J connectivity index is 0.775. The van der Waals surface area contributed by atoms with Crippen molar-refractivity contribution in [1.82, 2.24) is 46.5 Å². The van der Waals surface area contributed by atoms with Crippen molar-refractivity contribution < 1.29 is 67.0 Å². The van der Waals surface area contributed by atoms with E-state index in [0.717, 1.165) is 5.56 Å². The third-order valence-electron chi connectivity index (χ3n) is 14.6. The van der Waals surface area contributed by atoms with Gasteiger partial charge in [-0.2, -0.15) is 0 Å². The number of halogens is 1. The molecule has 3 aliphatic heterocycles. The summed E-state index contributed by atoms with van der Waals surface area (Å²) in [5.74, 6) is -6.47. The molecule has 1 saturated heterocycles. The quantitative estimate of drug-likeness (QED) is 0.0262. The number of hydrogen-bond donors (Lipinski definition) is 7. The number of benzene rings is 2. The molecule has 1 unspecified atom stereocenters. The van der Waals surface area contributed by atoms with Crippen LogP contribution >= 0.6 is 0 Å². The van der Waals surface area contributed by atoms with E-state index in [1.165, 1.54) is 10.6 Å². The number of pyridine rings is 2. The van der Waals surface area contributed by atoms with Crippen LogP contribution in [0.25, 0.3) is 22.3 Å². The van der Waals surface area contributed by atoms with Crippen molar-refractivity contribution in [2.75, 3.05) is 26.2 Å². The number of fused-ring (bicyclic) bond motifs is 5. The molecule has 4 aromatic rings. The van der Waals surface area contributed by atoms with Gasteiger partial charge in [-0.05, 0) is 73.8 Å². The van der Waals surface area contributed by atoms with Crippen LogP contribution in [0.2, 0.25) is 0 Å². The average molecular weight is 1090 g/mol. The number of imide groups is 1. The van der Waals surface area contributed by atoms with Gasteiger partial charge in [0.25, 0.3) is 17.4 Å². The topological polar surface area (TPSA) is 320 Å². The highest BCUT2D eigenvalue weighted by atomic mass is 19.1. The highest BCUT2D eigenvalue weighted by Gasteiger charge is 2.46. The zero-order valence-electron chi connectivity index (χ0n) is 43.8. The fourth-order valence-electron chi connectivity index (χ4n) is 10.3. The fourth-order valence-corrected chi connectivity index (χ4v) is 10.3. The smallest absolute Gasteiger partial charge is 0.343 e. The number of nitrogens with one attached hydrogen (secondary N) is 6. The van der Waals surface area contributed by atoms with E-state index in [9.17, 15) is 57.8 Å². The lowest BCUT2D eigenvalue weighted by molar-refractivity contribution is -0.197. The van der Waals surface area contributed by atoms with Crippen molar-refractivity contribution in [3.63, 3.8) is 0 Å². The Bertz CT molecular complexity index is 3190. The minimum Gasteiger partial charge on any atom is -0.458 e. The number of nitrogens with zero attached hydrogens (tertiary/aromatic N) is 3. The Kier molecular flexibility index (Phi) is 17.9. The third kappa shape index (κ3) is 13.0. The molecule has 1 fully saturated rings. The van der Waals surface area contributed by atoms with Crippen molar-refractivity contribution in [1.29, 1.82) is 0 Å². The van der Waals surface area contributed by atoms with Gasteiger partial charge in [0.15, 0.2) is 5.60 Å². The van der Waals surface area contributed by atoms with E-state index < -0.39 is 102 Å². The number of aliphatic hydroxyl groups is 1. The SMILES string of the molecule is CC[C@@]1(O)C(=O)OCc2c1cc1n(c2=O)Cc2c-1nc1cc(F)c(C)c3c1c2C(NC(=O)CCCNC(=O)CNC(=O)[C@H](Cc1ccccc1)NC(=O)CNC(=O)CNC(=O)CCCCCCC(=O)ON1C(=O)CCC1=O)CC3. The second-order valence-corrected chi connectivity index (χ2v) is 20.0. The van der Waals surface area contributed by atoms with Gasteiger partial charge in [-0.3, -0.25) is 43.2 Å². The van der Waals surface area contributed by atoms with E-state index in [-0.39, 0.29) is 88.1 Å². The van der Waals surface area contributed by atoms with Crippen LogP contribution in [-0.4, -0.2) is 111 Å². The molecule has 23 nitrogen and oxygen atoms in total. The van der Waals surface area contributed by atoms with Gasteiger partial charge in [0.1, 0.15) is 18.5 Å². The lowest BCUT2D eigenvalue weighted by Gasteiger charge is -2.31. The average Bonchev–Trinajstić information content (AvgIpc) is 4.23. The molecule has 1 aliphatic carbocycles. The minimum absolute atomic E-state index is 0.000750. The summed E-state index contributed by atoms with van der Waals surface area (Å²) in [6.07, 6.45) is 3.23. The van der Waals surface area contributed by atoms with Crippen LogP contribution in [0, 0.1) is 12.7 Å². The number of amides is 8. The summed E-state index contributed by atoms with van der Waals surface area (Å²) < 4.78 is 22.1. The molecule has 7 N–H and O–H groups in total. The summed E-state index contributed by atoms with van der Waals surface area (Å²) in [5.41, 5.74) is 2.11. The Hall–Kier alpha value is -8.41. The lowest BCUT2D eigenvalue weighted by atomic mass is 9.81. The Morgan fingerprint density at radius 3 is 2.20 bits per heavy atom. The number of unbranched alkanes of at least 4 members (excludes halogenated alkanes) is 3. The van der Waals surface area contributed by atoms with Crippen molar-refractivity contribution in [3.8, 4) is 11.4 Å². The summed E-state index contributed by atoms with van der Waals surface area (Å²) in [5, 5.41) is 28.3. The van der Waals surface area contributed by atoms with Crippen molar-refractivity contribution in [2.45, 2.75) is 135 Å². The number of esters is 1. The summed E-state index contributed by atoms with van der Waals surface area (Å²) in [6, 6.07) is 10.00. The normalized spacial score (nSPS) is 17.2. The maximum Gasteiger partial charge on any atom is 0.343 e. The molecule has 2 aromatic carbocycles. The zero-order valence-corrected chi connectivity index (χ0v) is 43.8. The largest absolute Gasteiger partial charge is 0.458 e. The van der Waals surface area contributed by atoms with Crippen LogP contribution in [0.4, 0.5) is 4.39 Å². The second kappa shape index (κ2) is 24.9. The molecule has 24 heteroatoms. The molecule has 8 rings (SSSR count). The van der Waals surface area contributed by atoms with Gasteiger partial charge in [-0.1, -0.05) is 50.1 Å². The van der Waals surface area contributed by atoms with E-state index >= 15 is 4.39 Å². The molecule has 2 aromatic heterocycles. The first-order chi connectivity index (χ1) is 37.9. The van der Waals surface area contributed by atoms with Crippen LogP contribution in [-0.2, 0) is 89.1 Å². The van der Waals surface area contributed by atoms with Gasteiger partial charge in [0.2, 0.25) is 35.4 Å². The Morgan fingerprint density at radius 1 is 0.797 bits per heavy atom. The fraction of sp³-hybridized carbons (Fsp3) is 0.455. The van der Waals surface area contributed by atoms with Crippen LogP contribution in [0.1, 0.15) is 129 Å². The first-order valence-electron chi connectivity index (χ1n) is 26.4. The number of carbonyl (C=O) groups excluding carboxylic acids is 10. The maximum absolute atomic E-state index is 15.4. The third-order valence-corrected chi connectivity index (χ3v) is 14.6. The summed E-state index contributed by atoms with van der Waals surface area (Å²) >= 11 is 0. The first kappa shape index (κ1) is 56.8. The van der Waals surface area contributed by atoms with Gasteiger partial charge in [0.05, 0.1) is 54.7 Å². The number of aromatic nitrogens is 2. The number of hydroxylamine groups is 2.